The zero-order valence-electron chi connectivity index (χ0n) is 5.40. The van der Waals surface area contributed by atoms with E-state index in [1.165, 1.54) is 12.8 Å². The van der Waals surface area contributed by atoms with Crippen molar-refractivity contribution >= 4 is 23.0 Å². The van der Waals surface area contributed by atoms with Crippen LogP contribution in [0, 0.1) is 0 Å². The Morgan fingerprint density at radius 3 is 2.22 bits per heavy atom. The molecule has 0 spiro atoms. The van der Waals surface area contributed by atoms with Gasteiger partial charge in [-0.1, -0.05) is 18.9 Å². The molecule has 9 heavy (non-hydrogen) atoms. The largest absolute Gasteiger partial charge is 0.305 e. The second-order valence-electron chi connectivity index (χ2n) is 2.55. The SMILES string of the molecule is C=CC1(OI)CCCC1. The lowest BCUT2D eigenvalue weighted by Crippen LogP contribution is -2.20. The highest BCUT2D eigenvalue weighted by Gasteiger charge is 2.30. The van der Waals surface area contributed by atoms with Crippen molar-refractivity contribution in [1.29, 1.82) is 0 Å². The third-order valence-electron chi connectivity index (χ3n) is 1.98. The Morgan fingerprint density at radius 1 is 1.44 bits per heavy atom. The van der Waals surface area contributed by atoms with Gasteiger partial charge in [-0.05, 0) is 12.8 Å². The molecule has 0 heterocycles. The van der Waals surface area contributed by atoms with Crippen LogP contribution >= 0.6 is 23.0 Å². The molecule has 0 unspecified atom stereocenters. The Bertz CT molecular complexity index is 105. The topological polar surface area (TPSA) is 9.23 Å². The lowest BCUT2D eigenvalue weighted by molar-refractivity contribution is 0.196. The van der Waals surface area contributed by atoms with Gasteiger partial charge in [0.15, 0.2) is 0 Å². The molecule has 2 heteroatoms. The molecule has 0 aliphatic heterocycles. The summed E-state index contributed by atoms with van der Waals surface area (Å²) in [5, 5.41) is 0. The summed E-state index contributed by atoms with van der Waals surface area (Å²) in [4.78, 5) is 0. The van der Waals surface area contributed by atoms with E-state index in [4.69, 9.17) is 3.07 Å². The summed E-state index contributed by atoms with van der Waals surface area (Å²) in [6, 6.07) is 0. The minimum atomic E-state index is 0.0283. The van der Waals surface area contributed by atoms with Crippen molar-refractivity contribution < 1.29 is 3.07 Å². The number of rotatable bonds is 2. The van der Waals surface area contributed by atoms with Crippen LogP contribution in [0.25, 0.3) is 0 Å². The fraction of sp³-hybridized carbons (Fsp3) is 0.714. The Balaban J connectivity index is 2.55. The lowest BCUT2D eigenvalue weighted by atomic mass is 10.0. The van der Waals surface area contributed by atoms with E-state index >= 15 is 0 Å². The van der Waals surface area contributed by atoms with E-state index in [-0.39, 0.29) is 5.60 Å². The van der Waals surface area contributed by atoms with Gasteiger partial charge in [0, 0.05) is 0 Å². The summed E-state index contributed by atoms with van der Waals surface area (Å²) < 4.78 is 5.30. The Kier molecular flexibility index (Phi) is 2.52. The van der Waals surface area contributed by atoms with Gasteiger partial charge in [-0.25, -0.2) is 0 Å². The van der Waals surface area contributed by atoms with E-state index in [0.29, 0.717) is 0 Å². The molecule has 0 bridgehead atoms. The van der Waals surface area contributed by atoms with Crippen LogP contribution in [0.3, 0.4) is 0 Å². The predicted octanol–water partition coefficient (Wildman–Crippen LogP) is 2.85. The monoisotopic (exact) mass is 238 g/mol. The predicted molar refractivity (Wildman–Crippen MR) is 46.5 cm³/mol. The second kappa shape index (κ2) is 3.01. The maximum atomic E-state index is 5.30. The molecule has 1 fully saturated rings. The molecule has 1 aliphatic carbocycles. The van der Waals surface area contributed by atoms with Crippen molar-refractivity contribution in [2.24, 2.45) is 0 Å². The smallest absolute Gasteiger partial charge is 0.110 e. The Labute approximate surface area is 70.2 Å². The summed E-state index contributed by atoms with van der Waals surface area (Å²) >= 11 is 1.97. The lowest BCUT2D eigenvalue weighted by Gasteiger charge is -2.19. The van der Waals surface area contributed by atoms with E-state index in [9.17, 15) is 0 Å². The van der Waals surface area contributed by atoms with Crippen molar-refractivity contribution in [3.8, 4) is 0 Å². The van der Waals surface area contributed by atoms with Crippen LogP contribution in [0.15, 0.2) is 12.7 Å². The zero-order chi connectivity index (χ0) is 6.74. The molecule has 0 aromatic rings. The summed E-state index contributed by atoms with van der Waals surface area (Å²) in [6.45, 7) is 3.76. The quantitative estimate of drug-likeness (QED) is 0.531. The van der Waals surface area contributed by atoms with Crippen molar-refractivity contribution in [3.05, 3.63) is 12.7 Å². The van der Waals surface area contributed by atoms with Gasteiger partial charge in [-0.15, -0.1) is 6.58 Å². The first-order valence-corrected chi connectivity index (χ1v) is 4.14. The van der Waals surface area contributed by atoms with Gasteiger partial charge < -0.3 is 3.07 Å². The standard InChI is InChI=1S/C7H11IO/c1-2-7(9-8)5-3-4-6-7/h2H,1,3-6H2. The molecule has 0 atom stereocenters. The highest BCUT2D eigenvalue weighted by Crippen LogP contribution is 2.35. The Hall–Kier alpha value is 0.430. The van der Waals surface area contributed by atoms with Crippen LogP contribution in [0.4, 0.5) is 0 Å². The van der Waals surface area contributed by atoms with Gasteiger partial charge in [0.25, 0.3) is 0 Å². The third kappa shape index (κ3) is 1.46. The van der Waals surface area contributed by atoms with Crippen LogP contribution in [-0.2, 0) is 3.07 Å². The molecule has 0 saturated heterocycles. The van der Waals surface area contributed by atoms with Gasteiger partial charge in [0.05, 0.1) is 5.60 Å². The number of halogens is 1. The van der Waals surface area contributed by atoms with Gasteiger partial charge in [-0.2, -0.15) is 0 Å². The van der Waals surface area contributed by atoms with Crippen LogP contribution in [-0.4, -0.2) is 5.60 Å². The van der Waals surface area contributed by atoms with Gasteiger partial charge in [0.1, 0.15) is 23.0 Å². The van der Waals surface area contributed by atoms with Crippen LogP contribution in [0.5, 0.6) is 0 Å². The van der Waals surface area contributed by atoms with Crippen LogP contribution in [0.1, 0.15) is 25.7 Å². The highest BCUT2D eigenvalue weighted by atomic mass is 127. The van der Waals surface area contributed by atoms with Gasteiger partial charge in [0.2, 0.25) is 0 Å². The molecule has 1 nitrogen and oxygen atoms in total. The molecule has 0 N–H and O–H groups in total. The van der Waals surface area contributed by atoms with E-state index in [1.807, 2.05) is 29.1 Å². The highest BCUT2D eigenvalue weighted by molar-refractivity contribution is 14.1. The first-order chi connectivity index (χ1) is 4.33. The molecule has 0 aromatic heterocycles. The summed E-state index contributed by atoms with van der Waals surface area (Å²) in [7, 11) is 0. The average Bonchev–Trinajstić information content (AvgIpc) is 2.36. The summed E-state index contributed by atoms with van der Waals surface area (Å²) in [6.07, 6.45) is 6.81. The molecule has 1 aliphatic rings. The first-order valence-electron chi connectivity index (χ1n) is 3.26. The number of hydrogen-bond acceptors (Lipinski definition) is 1. The minimum absolute atomic E-state index is 0.0283. The molecule has 52 valence electrons. The van der Waals surface area contributed by atoms with Gasteiger partial charge in [-0.3, -0.25) is 0 Å². The average molecular weight is 238 g/mol. The minimum Gasteiger partial charge on any atom is -0.305 e. The third-order valence-corrected chi connectivity index (χ3v) is 2.85. The van der Waals surface area contributed by atoms with E-state index < -0.39 is 0 Å². The van der Waals surface area contributed by atoms with Crippen molar-refractivity contribution in [1.82, 2.24) is 0 Å². The van der Waals surface area contributed by atoms with E-state index in [0.717, 1.165) is 12.8 Å². The summed E-state index contributed by atoms with van der Waals surface area (Å²) in [5.41, 5.74) is 0.0283. The molecular weight excluding hydrogens is 227 g/mol. The molecular formula is C7H11IO. The molecule has 0 amide bonds. The zero-order valence-corrected chi connectivity index (χ0v) is 7.56. The van der Waals surface area contributed by atoms with Gasteiger partial charge >= 0.3 is 0 Å². The number of hydrogen-bond donors (Lipinski definition) is 0. The molecule has 1 rings (SSSR count). The Morgan fingerprint density at radius 2 is 2.00 bits per heavy atom. The van der Waals surface area contributed by atoms with Crippen LogP contribution < -0.4 is 0 Å². The van der Waals surface area contributed by atoms with Crippen molar-refractivity contribution in [3.63, 3.8) is 0 Å². The van der Waals surface area contributed by atoms with Crippen LogP contribution in [0.2, 0.25) is 0 Å². The maximum Gasteiger partial charge on any atom is 0.110 e. The normalized spacial score (nSPS) is 24.1. The van der Waals surface area contributed by atoms with E-state index in [2.05, 4.69) is 6.58 Å². The molecule has 1 saturated carbocycles. The second-order valence-corrected chi connectivity index (χ2v) is 2.99. The van der Waals surface area contributed by atoms with Crippen molar-refractivity contribution in [2.45, 2.75) is 31.3 Å². The fourth-order valence-electron chi connectivity index (χ4n) is 1.29. The summed E-state index contributed by atoms with van der Waals surface area (Å²) in [5.74, 6) is 0. The van der Waals surface area contributed by atoms with Crippen molar-refractivity contribution in [2.75, 3.05) is 0 Å². The fourth-order valence-corrected chi connectivity index (χ4v) is 1.91. The molecule has 0 aromatic carbocycles. The van der Waals surface area contributed by atoms with E-state index in [1.54, 1.807) is 0 Å². The first kappa shape index (κ1) is 7.54. The molecule has 0 radical (unpaired) electrons. The maximum absolute atomic E-state index is 5.30.